The molecule has 0 saturated carbocycles. The van der Waals surface area contributed by atoms with Crippen LogP contribution < -0.4 is 5.73 Å². The first kappa shape index (κ1) is 18.3. The summed E-state index contributed by atoms with van der Waals surface area (Å²) >= 11 is 0. The van der Waals surface area contributed by atoms with Gasteiger partial charge in [0.2, 0.25) is 0 Å². The molecule has 2 aromatic carbocycles. The van der Waals surface area contributed by atoms with Crippen LogP contribution in [0.1, 0.15) is 21.6 Å². The van der Waals surface area contributed by atoms with Crippen LogP contribution >= 0.6 is 0 Å². The molecule has 0 fully saturated rings. The maximum absolute atomic E-state index is 12.2. The molecule has 0 bridgehead atoms. The van der Waals surface area contributed by atoms with E-state index in [9.17, 15) is 10.1 Å². The predicted molar refractivity (Wildman–Crippen MR) is 110 cm³/mol. The van der Waals surface area contributed by atoms with Gasteiger partial charge in [-0.25, -0.2) is 9.78 Å². The van der Waals surface area contributed by atoms with Gasteiger partial charge in [-0.3, -0.25) is 0 Å². The van der Waals surface area contributed by atoms with Gasteiger partial charge in [0.1, 0.15) is 6.07 Å². The Kier molecular flexibility index (Phi) is 4.75. The first-order valence-corrected chi connectivity index (χ1v) is 9.10. The number of aryl methyl sites for hydroxylation is 2. The molecular weight excluding hydrogens is 366 g/mol. The number of hydrogen-bond acceptors (Lipinski definition) is 5. The zero-order valence-electron chi connectivity index (χ0n) is 15.9. The molecular formula is C22H19N5O2. The summed E-state index contributed by atoms with van der Waals surface area (Å²) in [6.45, 7) is 0.808. The van der Waals surface area contributed by atoms with Crippen LogP contribution in [-0.2, 0) is 17.7 Å². The smallest absolute Gasteiger partial charge is 0.357 e. The monoisotopic (exact) mass is 385 g/mol. The number of rotatable bonds is 5. The lowest BCUT2D eigenvalue weighted by Crippen LogP contribution is -2.11. The molecule has 7 heteroatoms. The number of nitriles is 1. The molecule has 0 unspecified atom stereocenters. The number of ether oxygens (including phenoxy) is 1. The van der Waals surface area contributed by atoms with Gasteiger partial charge in [-0.05, 0) is 30.2 Å². The van der Waals surface area contributed by atoms with E-state index in [1.807, 2.05) is 48.8 Å². The van der Waals surface area contributed by atoms with Crippen LogP contribution in [0.25, 0.3) is 16.7 Å². The largest absolute Gasteiger partial charge is 0.464 e. The van der Waals surface area contributed by atoms with Crippen LogP contribution in [0.4, 0.5) is 5.69 Å². The highest BCUT2D eigenvalue weighted by molar-refractivity contribution is 5.96. The van der Waals surface area contributed by atoms with E-state index in [2.05, 4.69) is 21.7 Å². The van der Waals surface area contributed by atoms with Crippen molar-refractivity contribution in [3.05, 3.63) is 77.9 Å². The highest BCUT2D eigenvalue weighted by Crippen LogP contribution is 2.26. The van der Waals surface area contributed by atoms with E-state index in [1.54, 1.807) is 4.57 Å². The first-order valence-electron chi connectivity index (χ1n) is 9.10. The summed E-state index contributed by atoms with van der Waals surface area (Å²) in [6.07, 6.45) is 4.25. The highest BCUT2D eigenvalue weighted by atomic mass is 16.5. The summed E-state index contributed by atoms with van der Waals surface area (Å²) in [5, 5.41) is 9.27. The van der Waals surface area contributed by atoms with Crippen LogP contribution in [0.15, 0.2) is 61.1 Å². The molecule has 0 atom stereocenters. The SMILES string of the molecule is COC(=O)c1c(N)c(C#N)cn1-c1ccc2c(c1)ncn2CCc1ccccc1. The number of esters is 1. The topological polar surface area (TPSA) is 98.9 Å². The van der Waals surface area contributed by atoms with Crippen LogP contribution in [-0.4, -0.2) is 27.2 Å². The zero-order valence-corrected chi connectivity index (χ0v) is 15.9. The van der Waals surface area contributed by atoms with Gasteiger partial charge in [-0.15, -0.1) is 0 Å². The maximum atomic E-state index is 12.2. The van der Waals surface area contributed by atoms with E-state index in [4.69, 9.17) is 10.5 Å². The van der Waals surface area contributed by atoms with Gasteiger partial charge in [-0.2, -0.15) is 5.26 Å². The summed E-state index contributed by atoms with van der Waals surface area (Å²) in [6, 6.07) is 18.0. The van der Waals surface area contributed by atoms with E-state index < -0.39 is 5.97 Å². The van der Waals surface area contributed by atoms with Gasteiger partial charge in [-0.1, -0.05) is 30.3 Å². The van der Waals surface area contributed by atoms with Crippen molar-refractivity contribution in [1.29, 1.82) is 5.26 Å². The second-order valence-electron chi connectivity index (χ2n) is 6.63. The molecule has 2 aromatic heterocycles. The number of hydrogen-bond donors (Lipinski definition) is 1. The van der Waals surface area contributed by atoms with Crippen molar-refractivity contribution < 1.29 is 9.53 Å². The van der Waals surface area contributed by atoms with Crippen LogP contribution in [0, 0.1) is 11.3 Å². The van der Waals surface area contributed by atoms with Crippen molar-refractivity contribution in [1.82, 2.24) is 14.1 Å². The molecule has 4 aromatic rings. The normalized spacial score (nSPS) is 10.8. The number of carbonyl (C=O) groups is 1. The minimum Gasteiger partial charge on any atom is -0.464 e. The van der Waals surface area contributed by atoms with E-state index in [-0.39, 0.29) is 16.9 Å². The Labute approximate surface area is 167 Å². The molecule has 29 heavy (non-hydrogen) atoms. The molecule has 144 valence electrons. The molecule has 0 aliphatic rings. The van der Waals surface area contributed by atoms with Crippen molar-refractivity contribution >= 4 is 22.7 Å². The molecule has 0 saturated heterocycles. The number of aromatic nitrogens is 3. The molecule has 0 amide bonds. The number of benzene rings is 2. The molecule has 0 aliphatic carbocycles. The summed E-state index contributed by atoms with van der Waals surface area (Å²) < 4.78 is 8.50. The predicted octanol–water partition coefficient (Wildman–Crippen LogP) is 3.31. The third kappa shape index (κ3) is 3.32. The number of methoxy groups -OCH3 is 1. The molecule has 2 heterocycles. The van der Waals surface area contributed by atoms with Crippen molar-refractivity contribution in [2.75, 3.05) is 12.8 Å². The Balaban J connectivity index is 1.69. The van der Waals surface area contributed by atoms with Crippen molar-refractivity contribution in [2.24, 2.45) is 0 Å². The van der Waals surface area contributed by atoms with E-state index in [0.717, 1.165) is 24.0 Å². The lowest BCUT2D eigenvalue weighted by Gasteiger charge is -2.09. The number of imidazole rings is 1. The van der Waals surface area contributed by atoms with Gasteiger partial charge in [0.05, 0.1) is 35.7 Å². The van der Waals surface area contributed by atoms with Crippen LogP contribution in [0.3, 0.4) is 0 Å². The quantitative estimate of drug-likeness (QED) is 0.531. The Morgan fingerprint density at radius 1 is 1.24 bits per heavy atom. The Hall–Kier alpha value is -4.05. The number of fused-ring (bicyclic) bond motifs is 1. The number of nitrogens with zero attached hydrogens (tertiary/aromatic N) is 4. The number of carbonyl (C=O) groups excluding carboxylic acids is 1. The lowest BCUT2D eigenvalue weighted by molar-refractivity contribution is 0.0593. The standard InChI is InChI=1S/C22H19N5O2/c1-29-22(28)21-20(24)16(12-23)13-27(21)17-7-8-19-18(11-17)25-14-26(19)10-9-15-5-3-2-4-6-15/h2-8,11,13-14H,9-10,24H2,1H3. The maximum Gasteiger partial charge on any atom is 0.357 e. The molecule has 0 spiro atoms. The van der Waals surface area contributed by atoms with E-state index in [1.165, 1.54) is 18.9 Å². The average molecular weight is 385 g/mol. The summed E-state index contributed by atoms with van der Waals surface area (Å²) in [5.74, 6) is -0.600. The highest BCUT2D eigenvalue weighted by Gasteiger charge is 2.22. The average Bonchev–Trinajstić information content (AvgIpc) is 3.32. The van der Waals surface area contributed by atoms with Crippen molar-refractivity contribution in [3.8, 4) is 11.8 Å². The minimum absolute atomic E-state index is 0.104. The van der Waals surface area contributed by atoms with E-state index in [0.29, 0.717) is 5.69 Å². The summed E-state index contributed by atoms with van der Waals surface area (Å²) in [5.41, 5.74) is 10.2. The number of nitrogens with two attached hydrogens (primary N) is 1. The van der Waals surface area contributed by atoms with Gasteiger partial charge < -0.3 is 19.6 Å². The summed E-state index contributed by atoms with van der Waals surface area (Å²) in [4.78, 5) is 16.7. The van der Waals surface area contributed by atoms with Crippen LogP contribution in [0.5, 0.6) is 0 Å². The second kappa shape index (κ2) is 7.52. The van der Waals surface area contributed by atoms with Crippen molar-refractivity contribution in [2.45, 2.75) is 13.0 Å². The number of anilines is 1. The zero-order chi connectivity index (χ0) is 20.4. The Bertz CT molecular complexity index is 1230. The third-order valence-electron chi connectivity index (χ3n) is 4.91. The molecule has 0 radical (unpaired) electrons. The number of nitrogen functional groups attached to an aromatic ring is 1. The Morgan fingerprint density at radius 2 is 2.03 bits per heavy atom. The molecule has 2 N–H and O–H groups in total. The van der Waals surface area contributed by atoms with E-state index >= 15 is 0 Å². The molecule has 0 aliphatic heterocycles. The van der Waals surface area contributed by atoms with Gasteiger partial charge in [0, 0.05) is 18.4 Å². The van der Waals surface area contributed by atoms with Gasteiger partial charge >= 0.3 is 5.97 Å². The molecule has 7 nitrogen and oxygen atoms in total. The minimum atomic E-state index is -0.600. The lowest BCUT2D eigenvalue weighted by atomic mass is 10.1. The van der Waals surface area contributed by atoms with Crippen molar-refractivity contribution in [3.63, 3.8) is 0 Å². The first-order chi connectivity index (χ1) is 14.1. The van der Waals surface area contributed by atoms with Crippen LogP contribution in [0.2, 0.25) is 0 Å². The fourth-order valence-corrected chi connectivity index (χ4v) is 3.39. The third-order valence-corrected chi connectivity index (χ3v) is 4.91. The van der Waals surface area contributed by atoms with Gasteiger partial charge in [0.25, 0.3) is 0 Å². The fraction of sp³-hybridized carbons (Fsp3) is 0.136. The second-order valence-corrected chi connectivity index (χ2v) is 6.63. The fourth-order valence-electron chi connectivity index (χ4n) is 3.39. The van der Waals surface area contributed by atoms with Gasteiger partial charge in [0.15, 0.2) is 5.69 Å². The summed E-state index contributed by atoms with van der Waals surface area (Å²) in [7, 11) is 1.28. The Morgan fingerprint density at radius 3 is 2.76 bits per heavy atom. The molecule has 4 rings (SSSR count).